The van der Waals surface area contributed by atoms with Crippen molar-refractivity contribution in [2.45, 2.75) is 44.7 Å². The number of fused-ring (bicyclic) bond motifs is 1. The van der Waals surface area contributed by atoms with Crippen LogP contribution in [-0.4, -0.2) is 33.6 Å². The zero-order chi connectivity index (χ0) is 16.5. The Morgan fingerprint density at radius 2 is 1.96 bits per heavy atom. The van der Waals surface area contributed by atoms with Gasteiger partial charge in [-0.15, -0.1) is 0 Å². The van der Waals surface area contributed by atoms with Gasteiger partial charge in [0.25, 0.3) is 0 Å². The van der Waals surface area contributed by atoms with E-state index in [9.17, 15) is 8.78 Å². The number of imidazole rings is 1. The maximum absolute atomic E-state index is 14.1. The smallest absolute Gasteiger partial charge is 0.142 e. The average molecular weight is 331 g/mol. The highest BCUT2D eigenvalue weighted by Crippen LogP contribution is 2.33. The summed E-state index contributed by atoms with van der Waals surface area (Å²) in [6, 6.07) is 4.18. The summed E-state index contributed by atoms with van der Waals surface area (Å²) in [4.78, 5) is 6.92. The maximum atomic E-state index is 14.1. The summed E-state index contributed by atoms with van der Waals surface area (Å²) in [6.07, 6.45) is 9.84. The molecular formula is C19H23F2N3. The molecule has 128 valence electrons. The first kappa shape index (κ1) is 15.8. The maximum Gasteiger partial charge on any atom is 0.142 e. The molecular weight excluding hydrogens is 308 g/mol. The highest BCUT2D eigenvalue weighted by atomic mass is 19.1. The number of halogens is 2. The molecule has 2 aliphatic heterocycles. The van der Waals surface area contributed by atoms with Crippen molar-refractivity contribution in [3.63, 3.8) is 0 Å². The highest BCUT2D eigenvalue weighted by Gasteiger charge is 2.33. The van der Waals surface area contributed by atoms with Gasteiger partial charge in [0.2, 0.25) is 0 Å². The molecule has 1 aromatic carbocycles. The standard InChI is InChI=1S/C19H23F2N3/c20-15-6-7-17(21)16(12-15)19-22-8-11-24(19)13-14-4-3-10-23-9-2-1-5-18(14)23/h6-8,11-12,14,18H,1-5,9-10,13H2/t14-,18+/m0/s1. The zero-order valence-electron chi connectivity index (χ0n) is 13.8. The summed E-state index contributed by atoms with van der Waals surface area (Å²) in [5, 5.41) is 0. The fourth-order valence-corrected chi connectivity index (χ4v) is 4.41. The Kier molecular flexibility index (Phi) is 4.35. The summed E-state index contributed by atoms with van der Waals surface area (Å²) in [5.41, 5.74) is 0.247. The summed E-state index contributed by atoms with van der Waals surface area (Å²) < 4.78 is 29.7. The minimum Gasteiger partial charge on any atom is -0.331 e. The topological polar surface area (TPSA) is 21.1 Å². The second kappa shape index (κ2) is 6.63. The molecule has 3 heterocycles. The summed E-state index contributed by atoms with van der Waals surface area (Å²) >= 11 is 0. The molecule has 2 fully saturated rings. The van der Waals surface area contributed by atoms with Gasteiger partial charge in [0.15, 0.2) is 0 Å². The number of nitrogens with zero attached hydrogens (tertiary/aromatic N) is 3. The van der Waals surface area contributed by atoms with Crippen LogP contribution >= 0.6 is 0 Å². The number of rotatable bonds is 3. The van der Waals surface area contributed by atoms with E-state index in [2.05, 4.69) is 9.88 Å². The zero-order valence-corrected chi connectivity index (χ0v) is 13.8. The van der Waals surface area contributed by atoms with E-state index in [1.807, 2.05) is 10.8 Å². The van der Waals surface area contributed by atoms with Crippen molar-refractivity contribution in [1.29, 1.82) is 0 Å². The van der Waals surface area contributed by atoms with Crippen molar-refractivity contribution >= 4 is 0 Å². The fraction of sp³-hybridized carbons (Fsp3) is 0.526. The van der Waals surface area contributed by atoms with E-state index >= 15 is 0 Å². The molecule has 0 bridgehead atoms. The third kappa shape index (κ3) is 2.97. The van der Waals surface area contributed by atoms with Crippen LogP contribution in [0.5, 0.6) is 0 Å². The van der Waals surface area contributed by atoms with Crippen molar-refractivity contribution in [2.75, 3.05) is 13.1 Å². The molecule has 0 N–H and O–H groups in total. The number of piperidine rings is 2. The molecule has 0 unspecified atom stereocenters. The minimum atomic E-state index is -0.433. The SMILES string of the molecule is Fc1ccc(F)c(-c2nccn2C[C@@H]2CCCN3CCCC[C@H]23)c1. The molecule has 2 aliphatic rings. The third-order valence-corrected chi connectivity index (χ3v) is 5.54. The van der Waals surface area contributed by atoms with Crippen LogP contribution in [0.3, 0.4) is 0 Å². The van der Waals surface area contributed by atoms with E-state index in [0.29, 0.717) is 17.8 Å². The first-order chi connectivity index (χ1) is 11.7. The lowest BCUT2D eigenvalue weighted by molar-refractivity contribution is 0.0521. The molecule has 4 rings (SSSR count). The number of hydrogen-bond donors (Lipinski definition) is 0. The van der Waals surface area contributed by atoms with Crippen molar-refractivity contribution in [1.82, 2.24) is 14.5 Å². The van der Waals surface area contributed by atoms with Gasteiger partial charge in [0.1, 0.15) is 17.5 Å². The predicted molar refractivity (Wildman–Crippen MR) is 89.5 cm³/mol. The largest absolute Gasteiger partial charge is 0.331 e. The molecule has 0 radical (unpaired) electrons. The monoisotopic (exact) mass is 331 g/mol. The van der Waals surface area contributed by atoms with Crippen molar-refractivity contribution in [3.8, 4) is 11.4 Å². The van der Waals surface area contributed by atoms with E-state index in [0.717, 1.165) is 12.6 Å². The first-order valence-corrected chi connectivity index (χ1v) is 8.93. The average Bonchev–Trinajstić information content (AvgIpc) is 3.05. The quantitative estimate of drug-likeness (QED) is 0.844. The summed E-state index contributed by atoms with van der Waals surface area (Å²) in [5.74, 6) is 0.229. The van der Waals surface area contributed by atoms with Gasteiger partial charge in [-0.1, -0.05) is 6.42 Å². The Balaban J connectivity index is 1.59. The Morgan fingerprint density at radius 3 is 2.88 bits per heavy atom. The van der Waals surface area contributed by atoms with Crippen LogP contribution in [0.25, 0.3) is 11.4 Å². The molecule has 0 saturated carbocycles. The van der Waals surface area contributed by atoms with E-state index in [4.69, 9.17) is 0 Å². The lowest BCUT2D eigenvalue weighted by atomic mass is 9.83. The van der Waals surface area contributed by atoms with Crippen LogP contribution in [-0.2, 0) is 6.54 Å². The predicted octanol–water partition coefficient (Wildman–Crippen LogP) is 4.09. The number of hydrogen-bond acceptors (Lipinski definition) is 2. The Labute approximate surface area is 141 Å². The van der Waals surface area contributed by atoms with Crippen LogP contribution in [0.2, 0.25) is 0 Å². The van der Waals surface area contributed by atoms with Gasteiger partial charge in [0, 0.05) is 25.0 Å². The minimum absolute atomic E-state index is 0.247. The van der Waals surface area contributed by atoms with Gasteiger partial charge in [-0.3, -0.25) is 0 Å². The van der Waals surface area contributed by atoms with Crippen molar-refractivity contribution in [2.24, 2.45) is 5.92 Å². The second-order valence-electron chi connectivity index (χ2n) is 7.03. The molecule has 24 heavy (non-hydrogen) atoms. The van der Waals surface area contributed by atoms with Crippen molar-refractivity contribution in [3.05, 3.63) is 42.2 Å². The van der Waals surface area contributed by atoms with Gasteiger partial charge in [-0.05, 0) is 62.9 Å². The molecule has 1 aromatic heterocycles. The van der Waals surface area contributed by atoms with E-state index in [1.54, 1.807) is 6.20 Å². The van der Waals surface area contributed by atoms with E-state index < -0.39 is 11.6 Å². The lowest BCUT2D eigenvalue weighted by Gasteiger charge is -2.44. The van der Waals surface area contributed by atoms with Crippen LogP contribution in [0.4, 0.5) is 8.78 Å². The van der Waals surface area contributed by atoms with Gasteiger partial charge in [-0.25, -0.2) is 13.8 Å². The normalized spacial score (nSPS) is 24.8. The van der Waals surface area contributed by atoms with Crippen molar-refractivity contribution < 1.29 is 8.78 Å². The molecule has 2 aromatic rings. The summed E-state index contributed by atoms with van der Waals surface area (Å²) in [7, 11) is 0. The van der Waals surface area contributed by atoms with Crippen LogP contribution in [0.15, 0.2) is 30.6 Å². The van der Waals surface area contributed by atoms with Gasteiger partial charge >= 0.3 is 0 Å². The summed E-state index contributed by atoms with van der Waals surface area (Å²) in [6.45, 7) is 3.24. The van der Waals surface area contributed by atoms with Gasteiger partial charge in [0.05, 0.1) is 5.56 Å². The van der Waals surface area contributed by atoms with Gasteiger partial charge < -0.3 is 9.47 Å². The highest BCUT2D eigenvalue weighted by molar-refractivity contribution is 5.56. The Hall–Kier alpha value is -1.75. The van der Waals surface area contributed by atoms with Gasteiger partial charge in [-0.2, -0.15) is 0 Å². The fourth-order valence-electron chi connectivity index (χ4n) is 4.41. The second-order valence-corrected chi connectivity index (χ2v) is 7.03. The van der Waals surface area contributed by atoms with E-state index in [1.165, 1.54) is 57.3 Å². The number of benzene rings is 1. The molecule has 0 spiro atoms. The van der Waals surface area contributed by atoms with E-state index in [-0.39, 0.29) is 5.56 Å². The Morgan fingerprint density at radius 1 is 1.08 bits per heavy atom. The molecule has 0 amide bonds. The molecule has 5 heteroatoms. The molecule has 0 aliphatic carbocycles. The van der Waals surface area contributed by atoms with Crippen LogP contribution in [0.1, 0.15) is 32.1 Å². The number of aromatic nitrogens is 2. The molecule has 3 nitrogen and oxygen atoms in total. The molecule has 2 saturated heterocycles. The lowest BCUT2D eigenvalue weighted by Crippen LogP contribution is -2.49. The molecule has 2 atom stereocenters. The first-order valence-electron chi connectivity index (χ1n) is 8.93. The third-order valence-electron chi connectivity index (χ3n) is 5.54. The van der Waals surface area contributed by atoms with Crippen LogP contribution < -0.4 is 0 Å². The Bertz CT molecular complexity index is 710. The van der Waals surface area contributed by atoms with Crippen LogP contribution in [0, 0.1) is 17.6 Å².